The minimum Gasteiger partial charge on any atom is -0.497 e. The predicted octanol–water partition coefficient (Wildman–Crippen LogP) is 6.61. The zero-order valence-electron chi connectivity index (χ0n) is 22.0. The molecule has 10 nitrogen and oxygen atoms in total. The smallest absolute Gasteiger partial charge is 0.335 e. The molecular weight excluding hydrogens is 569 g/mol. The van der Waals surface area contributed by atoms with E-state index in [1.165, 1.54) is 19.2 Å². The molecule has 210 valence electrons. The number of anilines is 1. The third kappa shape index (κ3) is 4.74. The van der Waals surface area contributed by atoms with E-state index >= 15 is 0 Å². The number of fused-ring (bicyclic) bond motifs is 1. The van der Waals surface area contributed by atoms with Crippen molar-refractivity contribution in [3.8, 4) is 28.5 Å². The van der Waals surface area contributed by atoms with E-state index in [0.717, 1.165) is 50.1 Å². The number of pyridine rings is 1. The van der Waals surface area contributed by atoms with E-state index in [9.17, 15) is 9.90 Å². The molecule has 3 aromatic heterocycles. The van der Waals surface area contributed by atoms with Crippen LogP contribution >= 0.6 is 23.2 Å². The Hall–Kier alpha value is -3.89. The van der Waals surface area contributed by atoms with E-state index in [4.69, 9.17) is 37.0 Å². The maximum Gasteiger partial charge on any atom is 0.335 e. The van der Waals surface area contributed by atoms with Gasteiger partial charge >= 0.3 is 5.97 Å². The highest BCUT2D eigenvalue weighted by molar-refractivity contribution is 6.39. The van der Waals surface area contributed by atoms with Crippen molar-refractivity contribution in [2.75, 3.05) is 25.1 Å². The van der Waals surface area contributed by atoms with Crippen LogP contribution in [0.3, 0.4) is 0 Å². The normalized spacial score (nSPS) is 21.7. The molecule has 1 aliphatic heterocycles. The molecule has 7 rings (SSSR count). The number of benzene rings is 1. The highest BCUT2D eigenvalue weighted by Gasteiger charge is 2.55. The van der Waals surface area contributed by atoms with Crippen molar-refractivity contribution in [3.63, 3.8) is 0 Å². The maximum absolute atomic E-state index is 11.5. The number of halogens is 2. The van der Waals surface area contributed by atoms with E-state index in [2.05, 4.69) is 37.3 Å². The minimum atomic E-state index is -1.06. The summed E-state index contributed by atoms with van der Waals surface area (Å²) >= 11 is 12.9. The summed E-state index contributed by atoms with van der Waals surface area (Å²) in [6, 6.07) is 4.62. The van der Waals surface area contributed by atoms with Crippen LogP contribution in [0.4, 0.5) is 5.95 Å². The van der Waals surface area contributed by atoms with Gasteiger partial charge in [0.05, 0.1) is 22.7 Å². The second kappa shape index (κ2) is 9.88. The molecule has 2 aliphatic carbocycles. The number of ether oxygens (including phenoxy) is 1. The summed E-state index contributed by atoms with van der Waals surface area (Å²) in [6.45, 7) is 1.54. The average molecular weight is 594 g/mol. The monoisotopic (exact) mass is 593 g/mol. The fourth-order valence-electron chi connectivity index (χ4n) is 5.73. The van der Waals surface area contributed by atoms with Gasteiger partial charge in [0.1, 0.15) is 17.2 Å². The largest absolute Gasteiger partial charge is 0.497 e. The summed E-state index contributed by atoms with van der Waals surface area (Å²) in [7, 11) is 1.48. The van der Waals surface area contributed by atoms with Gasteiger partial charge in [0.15, 0.2) is 0 Å². The van der Waals surface area contributed by atoms with Crippen molar-refractivity contribution < 1.29 is 23.7 Å². The summed E-state index contributed by atoms with van der Waals surface area (Å²) in [5.41, 5.74) is 2.87. The first-order valence-electron chi connectivity index (χ1n) is 13.3. The minimum absolute atomic E-state index is 0.0768. The number of carboxylic acids is 1. The third-order valence-electron chi connectivity index (χ3n) is 8.28. The Kier molecular flexibility index (Phi) is 6.28. The van der Waals surface area contributed by atoms with Crippen LogP contribution < -0.4 is 9.64 Å². The number of methoxy groups -OCH3 is 1. The highest BCUT2D eigenvalue weighted by atomic mass is 35.5. The van der Waals surface area contributed by atoms with Crippen LogP contribution in [0.2, 0.25) is 10.0 Å². The quantitative estimate of drug-likeness (QED) is 0.238. The molecule has 3 fully saturated rings. The maximum atomic E-state index is 11.5. The van der Waals surface area contributed by atoms with Gasteiger partial charge in [-0.3, -0.25) is 4.98 Å². The summed E-state index contributed by atoms with van der Waals surface area (Å²) in [5.74, 6) is 1.77. The summed E-state index contributed by atoms with van der Waals surface area (Å²) in [4.78, 5) is 22.3. The lowest BCUT2D eigenvalue weighted by atomic mass is 9.93. The number of carboxylic acid groups (broad SMARTS) is 1. The summed E-state index contributed by atoms with van der Waals surface area (Å²) < 4.78 is 16.6. The molecule has 4 aromatic rings. The molecular formula is C29H25Cl2N5O5. The molecule has 1 aromatic carbocycles. The van der Waals surface area contributed by atoms with Crippen LogP contribution in [-0.4, -0.2) is 51.6 Å². The zero-order valence-corrected chi connectivity index (χ0v) is 23.5. The molecule has 2 atom stereocenters. The topological polar surface area (TPSA) is 128 Å². The van der Waals surface area contributed by atoms with Gasteiger partial charge in [-0.05, 0) is 60.4 Å². The zero-order chi connectivity index (χ0) is 28.3. The Labute approximate surface area is 244 Å². The van der Waals surface area contributed by atoms with Gasteiger partial charge in [-0.1, -0.05) is 40.5 Å². The number of hydrogen-bond acceptors (Lipinski definition) is 9. The number of aromatic carboxylic acids is 1. The van der Waals surface area contributed by atoms with Gasteiger partial charge in [-0.15, -0.1) is 0 Å². The van der Waals surface area contributed by atoms with Gasteiger partial charge in [0, 0.05) is 48.1 Å². The number of hydrogen-bond donors (Lipinski definition) is 1. The van der Waals surface area contributed by atoms with E-state index in [1.807, 2.05) is 0 Å². The summed E-state index contributed by atoms with van der Waals surface area (Å²) in [5, 5.41) is 18.9. The predicted molar refractivity (Wildman–Crippen MR) is 151 cm³/mol. The Morgan fingerprint density at radius 3 is 2.68 bits per heavy atom. The number of carbonyl (C=O) groups is 1. The molecule has 1 N–H and O–H groups in total. The van der Waals surface area contributed by atoms with Crippen LogP contribution in [-0.2, 0) is 0 Å². The number of nitrogens with zero attached hydrogens (tertiary/aromatic N) is 5. The van der Waals surface area contributed by atoms with Gasteiger partial charge in [-0.2, -0.15) is 4.98 Å². The highest BCUT2D eigenvalue weighted by Crippen LogP contribution is 2.60. The van der Waals surface area contributed by atoms with Crippen molar-refractivity contribution in [2.24, 2.45) is 11.3 Å². The molecule has 1 saturated heterocycles. The molecule has 12 heteroatoms. The van der Waals surface area contributed by atoms with Crippen LogP contribution in [0.15, 0.2) is 45.7 Å². The molecule has 0 bridgehead atoms. The molecule has 4 heterocycles. The van der Waals surface area contributed by atoms with Crippen molar-refractivity contribution in [3.05, 3.63) is 63.6 Å². The SMILES string of the molecule is COc1cc(C(=O)O)cc(-c2nc(N3CCC4(/C=C/c5c(-c6c(Cl)cncc6Cl)noc5C5CC5)CC4C3)no2)c1. The van der Waals surface area contributed by atoms with Gasteiger partial charge in [0.25, 0.3) is 11.8 Å². The Morgan fingerprint density at radius 1 is 1.17 bits per heavy atom. The fraction of sp³-hybridized carbons (Fsp3) is 0.345. The Bertz CT molecular complexity index is 1680. The fourth-order valence-corrected chi connectivity index (χ4v) is 6.27. The van der Waals surface area contributed by atoms with Crippen molar-refractivity contribution in [1.82, 2.24) is 20.3 Å². The second-order valence-corrected chi connectivity index (χ2v) is 11.7. The van der Waals surface area contributed by atoms with Crippen LogP contribution in [0.5, 0.6) is 5.75 Å². The van der Waals surface area contributed by atoms with Crippen molar-refractivity contribution in [1.29, 1.82) is 0 Å². The van der Waals surface area contributed by atoms with Crippen molar-refractivity contribution in [2.45, 2.75) is 31.6 Å². The van der Waals surface area contributed by atoms with Gasteiger partial charge < -0.3 is 23.8 Å². The lowest BCUT2D eigenvalue weighted by Crippen LogP contribution is -2.35. The molecule has 2 saturated carbocycles. The van der Waals surface area contributed by atoms with E-state index in [0.29, 0.717) is 50.4 Å². The standard InChI is InChI=1S/C29H25Cl2N5O5/c1-39-19-9-16(8-17(10-19)27(37)38)26-33-28(35-41-26)36-7-6-29(11-18(29)14-36)5-4-20-24(34-40-25(20)15-2-3-15)23-21(30)12-32-13-22(23)31/h4-5,8-10,12-13,15,18H,2-3,6-7,11,14H2,1H3,(H,37,38)/b5-4+. The number of rotatable bonds is 8. The van der Waals surface area contributed by atoms with E-state index < -0.39 is 5.97 Å². The lowest BCUT2D eigenvalue weighted by molar-refractivity contribution is 0.0696. The molecule has 0 spiro atoms. The first-order chi connectivity index (χ1) is 19.8. The Morgan fingerprint density at radius 2 is 1.98 bits per heavy atom. The molecule has 2 unspecified atom stereocenters. The van der Waals surface area contributed by atoms with Crippen LogP contribution in [0.25, 0.3) is 28.8 Å². The first-order valence-corrected chi connectivity index (χ1v) is 14.1. The number of piperidine rings is 1. The number of aromatic nitrogens is 4. The second-order valence-electron chi connectivity index (χ2n) is 10.9. The molecule has 0 amide bonds. The Balaban J connectivity index is 1.10. The average Bonchev–Trinajstić information content (AvgIpc) is 3.84. The van der Waals surface area contributed by atoms with Crippen molar-refractivity contribution >= 4 is 41.2 Å². The third-order valence-corrected chi connectivity index (χ3v) is 8.85. The molecule has 3 aliphatic rings. The van der Waals surface area contributed by atoms with E-state index in [-0.39, 0.29) is 16.9 Å². The van der Waals surface area contributed by atoms with Gasteiger partial charge in [-0.25, -0.2) is 4.79 Å². The number of allylic oxidation sites excluding steroid dienone is 1. The summed E-state index contributed by atoms with van der Waals surface area (Å²) in [6.07, 6.45) is 11.7. The molecule has 41 heavy (non-hydrogen) atoms. The molecule has 0 radical (unpaired) electrons. The van der Waals surface area contributed by atoms with Crippen LogP contribution in [0.1, 0.15) is 53.3 Å². The first kappa shape index (κ1) is 26.0. The lowest BCUT2D eigenvalue weighted by Gasteiger charge is -2.29. The van der Waals surface area contributed by atoms with Gasteiger partial charge in [0.2, 0.25) is 0 Å². The van der Waals surface area contributed by atoms with Crippen LogP contribution in [0, 0.1) is 11.3 Å². The van der Waals surface area contributed by atoms with E-state index in [1.54, 1.807) is 18.5 Å².